The van der Waals surface area contributed by atoms with E-state index in [1.165, 1.54) is 11.8 Å². The van der Waals surface area contributed by atoms with Gasteiger partial charge in [0.25, 0.3) is 0 Å². The predicted octanol–water partition coefficient (Wildman–Crippen LogP) is 4.47. The van der Waals surface area contributed by atoms with Crippen molar-refractivity contribution in [2.45, 2.75) is 17.9 Å². The van der Waals surface area contributed by atoms with Crippen molar-refractivity contribution in [3.8, 4) is 6.07 Å². The summed E-state index contributed by atoms with van der Waals surface area (Å²) in [5, 5.41) is 15.3. The van der Waals surface area contributed by atoms with Gasteiger partial charge in [-0.3, -0.25) is 4.79 Å². The van der Waals surface area contributed by atoms with Gasteiger partial charge >= 0.3 is 0 Å². The Morgan fingerprint density at radius 1 is 1.23 bits per heavy atom. The van der Waals surface area contributed by atoms with Gasteiger partial charge in [-0.1, -0.05) is 47.6 Å². The van der Waals surface area contributed by atoms with Crippen LogP contribution >= 0.6 is 11.8 Å². The fourth-order valence-corrected chi connectivity index (χ4v) is 3.58. The van der Waals surface area contributed by atoms with E-state index in [9.17, 15) is 4.79 Å². The highest BCUT2D eigenvalue weighted by atomic mass is 32.2. The van der Waals surface area contributed by atoms with Crippen molar-refractivity contribution >= 4 is 23.5 Å². The molecular weight excluding hydrogens is 346 g/mol. The van der Waals surface area contributed by atoms with E-state index in [0.717, 1.165) is 11.1 Å². The summed E-state index contributed by atoms with van der Waals surface area (Å²) in [6, 6.07) is 20.8. The van der Waals surface area contributed by atoms with Gasteiger partial charge in [0.1, 0.15) is 11.0 Å². The maximum absolute atomic E-state index is 12.8. The number of rotatable bonds is 6. The Morgan fingerprint density at radius 2 is 2.04 bits per heavy atom. The molecule has 0 aliphatic carbocycles. The molecule has 0 saturated carbocycles. The monoisotopic (exact) mass is 363 g/mol. The molecule has 3 aromatic rings. The lowest BCUT2D eigenvalue weighted by Crippen LogP contribution is -2.19. The van der Waals surface area contributed by atoms with E-state index in [1.807, 2.05) is 48.5 Å². The van der Waals surface area contributed by atoms with E-state index in [2.05, 4.69) is 16.5 Å². The predicted molar refractivity (Wildman–Crippen MR) is 102 cm³/mol. The molecule has 1 N–H and O–H groups in total. The summed E-state index contributed by atoms with van der Waals surface area (Å²) < 4.78 is 5.00. The SMILES string of the molecule is Cc1cc(NC(=O)[C@@H](SCc2cccc(C#N)c2)c2ccccc2)no1. The van der Waals surface area contributed by atoms with Crippen LogP contribution in [0.2, 0.25) is 0 Å². The Labute approximate surface area is 156 Å². The van der Waals surface area contributed by atoms with Gasteiger partial charge in [-0.15, -0.1) is 11.8 Å². The van der Waals surface area contributed by atoms with Crippen LogP contribution < -0.4 is 5.32 Å². The summed E-state index contributed by atoms with van der Waals surface area (Å²) >= 11 is 1.50. The van der Waals surface area contributed by atoms with Crippen LogP contribution in [0, 0.1) is 18.3 Å². The molecule has 0 radical (unpaired) electrons. The van der Waals surface area contributed by atoms with Gasteiger partial charge in [-0.2, -0.15) is 5.26 Å². The minimum Gasteiger partial charge on any atom is -0.360 e. The third-order valence-electron chi connectivity index (χ3n) is 3.69. The summed E-state index contributed by atoms with van der Waals surface area (Å²) in [6.07, 6.45) is 0. The molecule has 1 amide bonds. The molecule has 0 aliphatic heterocycles. The standard InChI is InChI=1S/C20H17N3O2S/c1-14-10-18(23-25-14)22-20(24)19(17-8-3-2-4-9-17)26-13-16-7-5-6-15(11-16)12-21/h2-11,19H,13H2,1H3,(H,22,23,24)/t19-/m0/s1. The lowest BCUT2D eigenvalue weighted by atomic mass is 10.1. The Morgan fingerprint density at radius 3 is 2.73 bits per heavy atom. The summed E-state index contributed by atoms with van der Waals surface area (Å²) in [7, 11) is 0. The van der Waals surface area contributed by atoms with Gasteiger partial charge in [0.2, 0.25) is 5.91 Å². The average Bonchev–Trinajstić information content (AvgIpc) is 3.07. The van der Waals surface area contributed by atoms with Crippen LogP contribution in [-0.4, -0.2) is 11.1 Å². The highest BCUT2D eigenvalue weighted by Crippen LogP contribution is 2.33. The first-order valence-corrected chi connectivity index (χ1v) is 9.10. The van der Waals surface area contributed by atoms with Gasteiger partial charge in [-0.25, -0.2) is 0 Å². The first kappa shape index (κ1) is 17.8. The number of amides is 1. The van der Waals surface area contributed by atoms with Gasteiger partial charge in [0, 0.05) is 11.8 Å². The minimum absolute atomic E-state index is 0.161. The second-order valence-electron chi connectivity index (χ2n) is 5.73. The fraction of sp³-hybridized carbons (Fsp3) is 0.150. The fourth-order valence-electron chi connectivity index (χ4n) is 2.48. The van der Waals surface area contributed by atoms with E-state index in [-0.39, 0.29) is 5.91 Å². The number of hydrogen-bond donors (Lipinski definition) is 1. The molecule has 2 aromatic carbocycles. The zero-order valence-corrected chi connectivity index (χ0v) is 15.0. The van der Waals surface area contributed by atoms with Crippen LogP contribution in [0.4, 0.5) is 5.82 Å². The zero-order chi connectivity index (χ0) is 18.4. The number of carbonyl (C=O) groups is 1. The molecule has 0 saturated heterocycles. The van der Waals surface area contributed by atoms with E-state index < -0.39 is 5.25 Å². The Balaban J connectivity index is 1.77. The summed E-state index contributed by atoms with van der Waals surface area (Å²) in [5.74, 6) is 1.49. The Hall–Kier alpha value is -3.04. The number of nitrogens with one attached hydrogen (secondary N) is 1. The van der Waals surface area contributed by atoms with Crippen molar-refractivity contribution in [2.24, 2.45) is 0 Å². The molecule has 3 rings (SSSR count). The van der Waals surface area contributed by atoms with Crippen molar-refractivity contribution in [1.82, 2.24) is 5.16 Å². The van der Waals surface area contributed by atoms with Gasteiger partial charge < -0.3 is 9.84 Å². The van der Waals surface area contributed by atoms with Crippen LogP contribution in [0.1, 0.15) is 27.7 Å². The molecule has 130 valence electrons. The topological polar surface area (TPSA) is 78.9 Å². The maximum atomic E-state index is 12.8. The minimum atomic E-state index is -0.404. The average molecular weight is 363 g/mol. The molecule has 0 fully saturated rings. The van der Waals surface area contributed by atoms with Crippen LogP contribution in [0.15, 0.2) is 65.2 Å². The number of hydrogen-bond acceptors (Lipinski definition) is 5. The first-order chi connectivity index (χ1) is 12.7. The molecule has 5 nitrogen and oxygen atoms in total. The number of carbonyl (C=O) groups excluding carboxylic acids is 1. The van der Waals surface area contributed by atoms with E-state index in [1.54, 1.807) is 19.1 Å². The third kappa shape index (κ3) is 4.52. The number of thioether (sulfide) groups is 1. The number of nitriles is 1. The van der Waals surface area contributed by atoms with Gasteiger partial charge in [-0.05, 0) is 30.2 Å². The van der Waals surface area contributed by atoms with Gasteiger partial charge in [0.05, 0.1) is 11.6 Å². The highest BCUT2D eigenvalue weighted by Gasteiger charge is 2.22. The molecule has 1 heterocycles. The zero-order valence-electron chi connectivity index (χ0n) is 14.2. The molecule has 26 heavy (non-hydrogen) atoms. The first-order valence-electron chi connectivity index (χ1n) is 8.05. The van der Waals surface area contributed by atoms with Crippen LogP contribution in [0.3, 0.4) is 0 Å². The van der Waals surface area contributed by atoms with Crippen LogP contribution in [0.25, 0.3) is 0 Å². The molecule has 1 aromatic heterocycles. The van der Waals surface area contributed by atoms with E-state index in [4.69, 9.17) is 9.78 Å². The highest BCUT2D eigenvalue weighted by molar-refractivity contribution is 7.99. The smallest absolute Gasteiger partial charge is 0.243 e. The van der Waals surface area contributed by atoms with Crippen molar-refractivity contribution < 1.29 is 9.32 Å². The number of nitrogens with zero attached hydrogens (tertiary/aromatic N) is 2. The molecule has 0 aliphatic rings. The number of aryl methyl sites for hydroxylation is 1. The molecule has 0 unspecified atom stereocenters. The molecule has 0 spiro atoms. The van der Waals surface area contributed by atoms with Crippen molar-refractivity contribution in [3.05, 3.63) is 83.1 Å². The molecule has 0 bridgehead atoms. The lowest BCUT2D eigenvalue weighted by Gasteiger charge is -2.16. The second kappa shape index (κ2) is 8.37. The largest absolute Gasteiger partial charge is 0.360 e. The lowest BCUT2D eigenvalue weighted by molar-refractivity contribution is -0.115. The second-order valence-corrected chi connectivity index (χ2v) is 6.82. The van der Waals surface area contributed by atoms with Gasteiger partial charge in [0.15, 0.2) is 5.82 Å². The third-order valence-corrected chi connectivity index (χ3v) is 5.01. The maximum Gasteiger partial charge on any atom is 0.243 e. The van der Waals surface area contributed by atoms with Crippen LogP contribution in [-0.2, 0) is 10.5 Å². The summed E-state index contributed by atoms with van der Waals surface area (Å²) in [4.78, 5) is 12.8. The van der Waals surface area contributed by atoms with E-state index in [0.29, 0.717) is 22.9 Å². The Kier molecular flexibility index (Phi) is 5.72. The number of anilines is 1. The van der Waals surface area contributed by atoms with Crippen molar-refractivity contribution in [1.29, 1.82) is 5.26 Å². The quantitative estimate of drug-likeness (QED) is 0.699. The van der Waals surface area contributed by atoms with Crippen molar-refractivity contribution in [2.75, 3.05) is 5.32 Å². The summed E-state index contributed by atoms with van der Waals surface area (Å²) in [6.45, 7) is 1.77. The molecule has 1 atom stereocenters. The number of aromatic nitrogens is 1. The molecule has 6 heteroatoms. The van der Waals surface area contributed by atoms with Crippen molar-refractivity contribution in [3.63, 3.8) is 0 Å². The van der Waals surface area contributed by atoms with Crippen LogP contribution in [0.5, 0.6) is 0 Å². The van der Waals surface area contributed by atoms with E-state index >= 15 is 0 Å². The Bertz CT molecular complexity index is 931. The summed E-state index contributed by atoms with van der Waals surface area (Å²) in [5.41, 5.74) is 2.52. The molecular formula is C20H17N3O2S. The normalized spacial score (nSPS) is 11.5. The number of benzene rings is 2.